The zero-order valence-electron chi connectivity index (χ0n) is 28.5. The topological polar surface area (TPSA) is 101 Å². The number of alkyl halides is 6. The fraction of sp³-hybridized carbons (Fsp3) is 0.444. The van der Waals surface area contributed by atoms with Crippen LogP contribution in [0.3, 0.4) is 0 Å². The molecule has 2 aromatic carbocycles. The molecule has 1 amide bonds. The molecular formula is C36H37F8N3O4. The summed E-state index contributed by atoms with van der Waals surface area (Å²) in [6, 6.07) is 3.23. The number of ether oxygens (including phenoxy) is 1. The van der Waals surface area contributed by atoms with Crippen LogP contribution in [0.25, 0.3) is 11.1 Å². The number of aromatic nitrogens is 1. The van der Waals surface area contributed by atoms with E-state index in [1.807, 2.05) is 6.07 Å². The van der Waals surface area contributed by atoms with E-state index in [9.17, 15) is 40.7 Å². The van der Waals surface area contributed by atoms with Gasteiger partial charge in [-0.15, -0.1) is 0 Å². The Labute approximate surface area is 289 Å². The molecule has 0 aliphatic rings. The second-order valence-electron chi connectivity index (χ2n) is 12.5. The molecule has 0 bridgehead atoms. The Hall–Kier alpha value is -4.74. The van der Waals surface area contributed by atoms with Gasteiger partial charge in [-0.1, -0.05) is 32.0 Å². The van der Waals surface area contributed by atoms with Crippen LogP contribution in [-0.2, 0) is 33.1 Å². The molecule has 15 heteroatoms. The van der Waals surface area contributed by atoms with Crippen molar-refractivity contribution in [2.24, 2.45) is 5.92 Å². The number of rotatable bonds is 13. The van der Waals surface area contributed by atoms with Crippen molar-refractivity contribution < 1.29 is 49.4 Å². The number of nitriles is 1. The van der Waals surface area contributed by atoms with Gasteiger partial charge in [-0.3, -0.25) is 14.4 Å². The number of unbranched alkanes of at least 4 members (excludes halogenated alkanes) is 1. The molecule has 0 fully saturated rings. The summed E-state index contributed by atoms with van der Waals surface area (Å²) in [5.41, 5.74) is -6.08. The number of nitrogens with one attached hydrogen (secondary N) is 1. The van der Waals surface area contributed by atoms with Gasteiger partial charge in [0.1, 0.15) is 17.7 Å². The minimum atomic E-state index is -5.36. The monoisotopic (exact) mass is 727 g/mol. The molecule has 276 valence electrons. The number of hydrogen-bond donors (Lipinski definition) is 1. The van der Waals surface area contributed by atoms with E-state index in [1.54, 1.807) is 19.9 Å². The van der Waals surface area contributed by atoms with Crippen LogP contribution in [0.4, 0.5) is 35.1 Å². The van der Waals surface area contributed by atoms with Crippen molar-refractivity contribution in [1.29, 1.82) is 5.26 Å². The number of hydrogen-bond acceptors (Lipinski definition) is 5. The highest BCUT2D eigenvalue weighted by atomic mass is 19.4. The number of carbonyl (C=O) groups is 2. The standard InChI is InChI=1S/C36H37F8N3O4/c1-6-51-29(49)17-26(31-32(37)23(15-25(33(31)38)36(42,43)44)30-20(4)10-9-11-21(30)5)46-34(50)27(14-19(2)3)47-18-22(12-7-8-13-45)24(16-28(47)48)35(39,40)41/h9-11,15-16,18-19,26-27H,6-8,12,14,17H2,1-5H3,(H,46,50)/t26-,27?/m0/s1. The molecule has 0 aliphatic heterocycles. The number of carbonyl (C=O) groups excluding carboxylic acids is 2. The van der Waals surface area contributed by atoms with Crippen molar-refractivity contribution >= 4 is 11.9 Å². The van der Waals surface area contributed by atoms with Gasteiger partial charge in [0.15, 0.2) is 0 Å². The first-order valence-corrected chi connectivity index (χ1v) is 16.0. The van der Waals surface area contributed by atoms with Crippen LogP contribution in [0.15, 0.2) is 41.3 Å². The Morgan fingerprint density at radius 3 is 2.12 bits per heavy atom. The zero-order chi connectivity index (χ0) is 38.4. The normalized spacial score (nSPS) is 13.1. The summed E-state index contributed by atoms with van der Waals surface area (Å²) in [7, 11) is 0. The maximum Gasteiger partial charge on any atom is 0.419 e. The Balaban J connectivity index is 2.30. The van der Waals surface area contributed by atoms with Gasteiger partial charge < -0.3 is 14.6 Å². The minimum absolute atomic E-state index is 0.0147. The second-order valence-corrected chi connectivity index (χ2v) is 12.5. The second kappa shape index (κ2) is 16.5. The van der Waals surface area contributed by atoms with E-state index in [-0.39, 0.29) is 37.9 Å². The maximum absolute atomic E-state index is 16.5. The van der Waals surface area contributed by atoms with E-state index in [2.05, 4.69) is 5.32 Å². The molecule has 0 radical (unpaired) electrons. The molecule has 0 saturated heterocycles. The summed E-state index contributed by atoms with van der Waals surface area (Å²) in [6.07, 6.45) is -11.2. The highest BCUT2D eigenvalue weighted by Crippen LogP contribution is 2.42. The third-order valence-corrected chi connectivity index (χ3v) is 8.17. The molecule has 7 nitrogen and oxygen atoms in total. The third-order valence-electron chi connectivity index (χ3n) is 8.17. The Kier molecular flexibility index (Phi) is 13.2. The van der Waals surface area contributed by atoms with Crippen molar-refractivity contribution in [3.05, 3.63) is 91.9 Å². The largest absolute Gasteiger partial charge is 0.466 e. The predicted molar refractivity (Wildman–Crippen MR) is 171 cm³/mol. The number of benzene rings is 2. The van der Waals surface area contributed by atoms with Gasteiger partial charge in [-0.25, -0.2) is 8.78 Å². The lowest BCUT2D eigenvalue weighted by Crippen LogP contribution is -2.41. The van der Waals surface area contributed by atoms with E-state index in [0.29, 0.717) is 27.8 Å². The minimum Gasteiger partial charge on any atom is -0.466 e. The van der Waals surface area contributed by atoms with E-state index < -0.39 is 93.7 Å². The van der Waals surface area contributed by atoms with Crippen molar-refractivity contribution in [3.8, 4) is 17.2 Å². The van der Waals surface area contributed by atoms with Gasteiger partial charge in [-0.05, 0) is 74.3 Å². The third kappa shape index (κ3) is 9.74. The number of pyridine rings is 1. The molecule has 3 aromatic rings. The number of aryl methyl sites for hydroxylation is 3. The molecule has 1 heterocycles. The highest BCUT2D eigenvalue weighted by Gasteiger charge is 2.41. The lowest BCUT2D eigenvalue weighted by molar-refractivity contribution is -0.144. The average Bonchev–Trinajstić information content (AvgIpc) is 3.00. The summed E-state index contributed by atoms with van der Waals surface area (Å²) in [4.78, 5) is 39.9. The summed E-state index contributed by atoms with van der Waals surface area (Å²) in [6.45, 7) is 7.41. The fourth-order valence-corrected chi connectivity index (χ4v) is 5.92. The summed E-state index contributed by atoms with van der Waals surface area (Å²) >= 11 is 0. The van der Waals surface area contributed by atoms with Crippen LogP contribution < -0.4 is 10.9 Å². The first kappa shape index (κ1) is 40.7. The van der Waals surface area contributed by atoms with Gasteiger partial charge >= 0.3 is 18.3 Å². The summed E-state index contributed by atoms with van der Waals surface area (Å²) in [5.74, 6) is -6.37. The van der Waals surface area contributed by atoms with Crippen LogP contribution in [0.5, 0.6) is 0 Å². The Morgan fingerprint density at radius 2 is 1.59 bits per heavy atom. The van der Waals surface area contributed by atoms with Crippen molar-refractivity contribution in [3.63, 3.8) is 0 Å². The van der Waals surface area contributed by atoms with Crippen LogP contribution in [0.2, 0.25) is 0 Å². The van der Waals surface area contributed by atoms with E-state index in [0.717, 1.165) is 6.20 Å². The SMILES string of the molecule is CCOC(=O)C[C@H](NC(=O)C(CC(C)C)n1cc(CCCC#N)c(C(F)(F)F)cc1=O)c1c(F)c(-c2c(C)cccc2C)cc(C(F)(F)F)c1F. The average molecular weight is 728 g/mol. The van der Waals surface area contributed by atoms with Gasteiger partial charge in [-0.2, -0.15) is 31.6 Å². The lowest BCUT2D eigenvalue weighted by Gasteiger charge is -2.28. The van der Waals surface area contributed by atoms with Crippen LogP contribution in [0, 0.1) is 42.7 Å². The summed E-state index contributed by atoms with van der Waals surface area (Å²) in [5, 5.41) is 11.1. The maximum atomic E-state index is 16.5. The van der Waals surface area contributed by atoms with Gasteiger partial charge in [0.05, 0.1) is 36.3 Å². The van der Waals surface area contributed by atoms with E-state index >= 15 is 8.78 Å². The van der Waals surface area contributed by atoms with Gasteiger partial charge in [0.2, 0.25) is 5.91 Å². The number of amides is 1. The number of esters is 1. The summed E-state index contributed by atoms with van der Waals surface area (Å²) < 4.78 is 123. The van der Waals surface area contributed by atoms with E-state index in [1.165, 1.54) is 32.9 Å². The highest BCUT2D eigenvalue weighted by molar-refractivity contribution is 5.82. The van der Waals surface area contributed by atoms with Crippen molar-refractivity contribution in [2.45, 2.75) is 91.2 Å². The Morgan fingerprint density at radius 1 is 0.980 bits per heavy atom. The Bertz CT molecular complexity index is 1840. The van der Waals surface area contributed by atoms with Gasteiger partial charge in [0.25, 0.3) is 5.56 Å². The van der Waals surface area contributed by atoms with Crippen LogP contribution in [-0.4, -0.2) is 23.1 Å². The lowest BCUT2D eigenvalue weighted by atomic mass is 9.89. The zero-order valence-corrected chi connectivity index (χ0v) is 28.5. The first-order valence-electron chi connectivity index (χ1n) is 16.0. The molecule has 0 saturated carbocycles. The molecule has 3 rings (SSSR count). The first-order chi connectivity index (χ1) is 23.7. The number of halogens is 8. The molecule has 2 atom stereocenters. The van der Waals surface area contributed by atoms with Gasteiger partial charge in [0, 0.05) is 29.8 Å². The molecule has 0 aliphatic carbocycles. The molecule has 51 heavy (non-hydrogen) atoms. The van der Waals surface area contributed by atoms with Crippen molar-refractivity contribution in [1.82, 2.24) is 9.88 Å². The number of nitrogens with zero attached hydrogens (tertiary/aromatic N) is 2. The van der Waals surface area contributed by atoms with Crippen LogP contribution in [0.1, 0.15) is 91.9 Å². The van der Waals surface area contributed by atoms with Crippen molar-refractivity contribution in [2.75, 3.05) is 6.61 Å². The smallest absolute Gasteiger partial charge is 0.419 e. The van der Waals surface area contributed by atoms with Crippen LogP contribution >= 0.6 is 0 Å². The van der Waals surface area contributed by atoms with E-state index in [4.69, 9.17) is 10.00 Å². The molecule has 0 spiro atoms. The quantitative estimate of drug-likeness (QED) is 0.108. The fourth-order valence-electron chi connectivity index (χ4n) is 5.92. The molecule has 1 aromatic heterocycles. The molecular weight excluding hydrogens is 690 g/mol. The molecule has 1 N–H and O–H groups in total. The molecule has 1 unspecified atom stereocenters. The predicted octanol–water partition coefficient (Wildman–Crippen LogP) is 8.69.